The van der Waals surface area contributed by atoms with Crippen LogP contribution in [-0.4, -0.2) is 19.1 Å². The van der Waals surface area contributed by atoms with Gasteiger partial charge in [-0.05, 0) is 36.4 Å². The fourth-order valence-electron chi connectivity index (χ4n) is 1.81. The lowest BCUT2D eigenvalue weighted by atomic mass is 10.1. The topological polar surface area (TPSA) is 47.9 Å². The number of benzene rings is 2. The Balaban J connectivity index is 1.80. The number of ether oxygens (including phenoxy) is 1. The molecular weight excluding hydrogens is 337 g/mol. The number of hydrogen-bond donors (Lipinski definition) is 0. The van der Waals surface area contributed by atoms with E-state index in [0.29, 0.717) is 21.4 Å². The van der Waals surface area contributed by atoms with E-state index in [0.717, 1.165) is 5.56 Å². The van der Waals surface area contributed by atoms with Crippen LogP contribution in [0.4, 0.5) is 0 Å². The molecule has 0 fully saturated rings. The van der Waals surface area contributed by atoms with Gasteiger partial charge < -0.3 is 9.57 Å². The number of Topliss-reactive ketones (excluding diaryl/α,β-unsaturated/α-hetero) is 1. The number of carbonyl (C=O) groups excluding carboxylic acids is 1. The fourth-order valence-corrected chi connectivity index (χ4v) is 2.28. The predicted octanol–water partition coefficient (Wildman–Crippen LogP) is 4.78. The minimum atomic E-state index is -0.0514. The Morgan fingerprint density at radius 2 is 1.91 bits per heavy atom. The maximum atomic E-state index is 11.9. The van der Waals surface area contributed by atoms with Crippen molar-refractivity contribution in [2.75, 3.05) is 7.11 Å². The first kappa shape index (κ1) is 17.3. The van der Waals surface area contributed by atoms with Crippen molar-refractivity contribution < 1.29 is 14.4 Å². The summed E-state index contributed by atoms with van der Waals surface area (Å²) in [6.07, 6.45) is 1.58. The normalized spacial score (nSPS) is 10.7. The van der Waals surface area contributed by atoms with Crippen LogP contribution in [0.1, 0.15) is 22.3 Å². The molecule has 0 spiro atoms. The largest absolute Gasteiger partial charge is 0.497 e. The molecule has 0 aliphatic heterocycles. The van der Waals surface area contributed by atoms with Crippen molar-refractivity contribution in [2.45, 2.75) is 13.0 Å². The maximum absolute atomic E-state index is 11.9. The Bertz CT molecular complexity index is 699. The van der Waals surface area contributed by atoms with E-state index in [2.05, 4.69) is 5.16 Å². The molecule has 0 N–H and O–H groups in total. The van der Waals surface area contributed by atoms with Crippen molar-refractivity contribution in [1.29, 1.82) is 0 Å². The van der Waals surface area contributed by atoms with Crippen LogP contribution in [0.5, 0.6) is 5.75 Å². The number of halogens is 2. The molecule has 4 nitrogen and oxygen atoms in total. The first-order chi connectivity index (χ1) is 11.1. The van der Waals surface area contributed by atoms with E-state index in [4.69, 9.17) is 32.8 Å². The molecule has 6 heteroatoms. The summed E-state index contributed by atoms with van der Waals surface area (Å²) in [5.41, 5.74) is 1.37. The second-order valence-corrected chi connectivity index (χ2v) is 5.50. The van der Waals surface area contributed by atoms with Crippen molar-refractivity contribution in [2.24, 2.45) is 5.16 Å². The summed E-state index contributed by atoms with van der Waals surface area (Å²) in [6.45, 7) is 0.212. The van der Waals surface area contributed by atoms with Gasteiger partial charge in [-0.15, -0.1) is 0 Å². The Kier molecular flexibility index (Phi) is 6.44. The molecule has 2 rings (SSSR count). The number of oxime groups is 1. The molecule has 0 heterocycles. The van der Waals surface area contributed by atoms with Crippen LogP contribution in [0, 0.1) is 0 Å². The minimum Gasteiger partial charge on any atom is -0.497 e. The lowest BCUT2D eigenvalue weighted by Crippen LogP contribution is -2.00. The summed E-state index contributed by atoms with van der Waals surface area (Å²) < 4.78 is 5.04. The van der Waals surface area contributed by atoms with Gasteiger partial charge in [0.05, 0.1) is 13.3 Å². The average molecular weight is 352 g/mol. The first-order valence-corrected chi connectivity index (χ1v) is 7.60. The van der Waals surface area contributed by atoms with Crippen molar-refractivity contribution in [3.8, 4) is 5.75 Å². The monoisotopic (exact) mass is 351 g/mol. The Labute approximate surface area is 144 Å². The van der Waals surface area contributed by atoms with Gasteiger partial charge in [-0.3, -0.25) is 4.79 Å². The molecule has 0 unspecified atom stereocenters. The standard InChI is InChI=1S/C17H15Cl2NO3/c1-22-15-6-3-12(4-7-15)17(21)8-9-20-23-11-13-2-5-14(18)10-16(13)19/h2-7,9-10H,8,11H2,1H3. The Hall–Kier alpha value is -2.04. The highest BCUT2D eigenvalue weighted by Crippen LogP contribution is 2.21. The van der Waals surface area contributed by atoms with Gasteiger partial charge in [-0.2, -0.15) is 0 Å². The lowest BCUT2D eigenvalue weighted by Gasteiger charge is -2.03. The smallest absolute Gasteiger partial charge is 0.168 e. The van der Waals surface area contributed by atoms with Gasteiger partial charge in [0, 0.05) is 27.6 Å². The molecule has 2 aromatic rings. The summed E-state index contributed by atoms with van der Waals surface area (Å²) in [5, 5.41) is 4.85. The number of ketones is 1. The van der Waals surface area contributed by atoms with Gasteiger partial charge in [0.25, 0.3) is 0 Å². The Morgan fingerprint density at radius 3 is 2.57 bits per heavy atom. The highest BCUT2D eigenvalue weighted by molar-refractivity contribution is 6.35. The van der Waals surface area contributed by atoms with Crippen LogP contribution in [0.25, 0.3) is 0 Å². The summed E-state index contributed by atoms with van der Waals surface area (Å²) in [7, 11) is 1.58. The van der Waals surface area contributed by atoms with Gasteiger partial charge in [0.1, 0.15) is 12.4 Å². The van der Waals surface area contributed by atoms with Gasteiger partial charge in [0.15, 0.2) is 5.78 Å². The van der Waals surface area contributed by atoms with Gasteiger partial charge in [-0.1, -0.05) is 34.4 Å². The molecule has 0 amide bonds. The minimum absolute atomic E-state index is 0.0514. The number of hydrogen-bond acceptors (Lipinski definition) is 4. The van der Waals surface area contributed by atoms with Crippen molar-refractivity contribution in [3.63, 3.8) is 0 Å². The number of nitrogens with zero attached hydrogens (tertiary/aromatic N) is 1. The number of methoxy groups -OCH3 is 1. The third-order valence-electron chi connectivity index (χ3n) is 3.07. The summed E-state index contributed by atoms with van der Waals surface area (Å²) in [4.78, 5) is 17.1. The number of rotatable bonds is 7. The fraction of sp³-hybridized carbons (Fsp3) is 0.176. The predicted molar refractivity (Wildman–Crippen MR) is 91.7 cm³/mol. The van der Waals surface area contributed by atoms with Crippen molar-refractivity contribution >= 4 is 35.2 Å². The van der Waals surface area contributed by atoms with Gasteiger partial charge in [0.2, 0.25) is 0 Å². The van der Waals surface area contributed by atoms with Crippen LogP contribution in [0.3, 0.4) is 0 Å². The first-order valence-electron chi connectivity index (χ1n) is 6.85. The second-order valence-electron chi connectivity index (χ2n) is 4.65. The highest BCUT2D eigenvalue weighted by atomic mass is 35.5. The molecule has 0 radical (unpaired) electrons. The van der Waals surface area contributed by atoms with Crippen LogP contribution in [-0.2, 0) is 11.4 Å². The van der Waals surface area contributed by atoms with E-state index < -0.39 is 0 Å². The van der Waals surface area contributed by atoms with E-state index in [1.165, 1.54) is 6.21 Å². The van der Waals surface area contributed by atoms with Crippen LogP contribution < -0.4 is 4.74 Å². The lowest BCUT2D eigenvalue weighted by molar-refractivity contribution is 0.0996. The van der Waals surface area contributed by atoms with Gasteiger partial charge >= 0.3 is 0 Å². The van der Waals surface area contributed by atoms with E-state index in [9.17, 15) is 4.79 Å². The van der Waals surface area contributed by atoms with Crippen molar-refractivity contribution in [3.05, 3.63) is 63.6 Å². The van der Waals surface area contributed by atoms with Gasteiger partial charge in [-0.25, -0.2) is 0 Å². The molecule has 0 saturated carbocycles. The van der Waals surface area contributed by atoms with E-state index in [1.54, 1.807) is 49.6 Å². The third-order valence-corrected chi connectivity index (χ3v) is 3.66. The third kappa shape index (κ3) is 5.27. The zero-order chi connectivity index (χ0) is 16.7. The van der Waals surface area contributed by atoms with Crippen LogP contribution in [0.2, 0.25) is 10.0 Å². The molecule has 23 heavy (non-hydrogen) atoms. The number of carbonyl (C=O) groups is 1. The maximum Gasteiger partial charge on any atom is 0.168 e. The second kappa shape index (κ2) is 8.56. The quantitative estimate of drug-likeness (QED) is 0.409. The molecule has 120 valence electrons. The van der Waals surface area contributed by atoms with E-state index in [-0.39, 0.29) is 18.8 Å². The summed E-state index contributed by atoms with van der Waals surface area (Å²) >= 11 is 11.8. The van der Waals surface area contributed by atoms with E-state index >= 15 is 0 Å². The SMILES string of the molecule is COc1ccc(C(=O)CC=NOCc2ccc(Cl)cc2Cl)cc1. The summed E-state index contributed by atoms with van der Waals surface area (Å²) in [5.74, 6) is 0.655. The zero-order valence-electron chi connectivity index (χ0n) is 12.5. The molecule has 0 aliphatic carbocycles. The molecule has 0 atom stereocenters. The zero-order valence-corrected chi connectivity index (χ0v) is 14.0. The average Bonchev–Trinajstić information content (AvgIpc) is 2.56. The van der Waals surface area contributed by atoms with Crippen LogP contribution >= 0.6 is 23.2 Å². The molecule has 0 aliphatic rings. The van der Waals surface area contributed by atoms with E-state index in [1.807, 2.05) is 0 Å². The van der Waals surface area contributed by atoms with Crippen LogP contribution in [0.15, 0.2) is 47.6 Å². The molecule has 0 aromatic heterocycles. The molecule has 2 aromatic carbocycles. The highest BCUT2D eigenvalue weighted by Gasteiger charge is 2.04. The molecule has 0 bridgehead atoms. The molecular formula is C17H15Cl2NO3. The van der Waals surface area contributed by atoms with Crippen molar-refractivity contribution in [1.82, 2.24) is 0 Å². The Morgan fingerprint density at radius 1 is 1.17 bits per heavy atom. The molecule has 0 saturated heterocycles. The summed E-state index contributed by atoms with van der Waals surface area (Å²) in [6, 6.07) is 12.0.